The summed E-state index contributed by atoms with van der Waals surface area (Å²) in [6, 6.07) is 10.4. The van der Waals surface area contributed by atoms with E-state index in [9.17, 15) is 0 Å². The van der Waals surface area contributed by atoms with E-state index in [4.69, 9.17) is 4.74 Å². The summed E-state index contributed by atoms with van der Waals surface area (Å²) in [6.45, 7) is 7.06. The molecule has 2 N–H and O–H groups in total. The molecular weight excluding hydrogens is 455 g/mol. The van der Waals surface area contributed by atoms with Gasteiger partial charge >= 0.3 is 0 Å². The number of morpholine rings is 1. The van der Waals surface area contributed by atoms with E-state index in [2.05, 4.69) is 49.9 Å². The summed E-state index contributed by atoms with van der Waals surface area (Å²) in [6.07, 6.45) is 3.79. The quantitative estimate of drug-likeness (QED) is 0.355. The fourth-order valence-electron chi connectivity index (χ4n) is 3.01. The van der Waals surface area contributed by atoms with Gasteiger partial charge in [0.05, 0.1) is 19.8 Å². The maximum Gasteiger partial charge on any atom is 0.191 e. The minimum absolute atomic E-state index is 0. The number of guanidine groups is 1. The third-order valence-electron chi connectivity index (χ3n) is 4.50. The molecule has 0 bridgehead atoms. The summed E-state index contributed by atoms with van der Waals surface area (Å²) in [7, 11) is 1.81. The Morgan fingerprint density at radius 1 is 1.15 bits per heavy atom. The van der Waals surface area contributed by atoms with Crippen LogP contribution in [0.1, 0.15) is 11.1 Å². The van der Waals surface area contributed by atoms with Crippen LogP contribution >= 0.6 is 24.0 Å². The molecule has 0 saturated carbocycles. The first-order valence-electron chi connectivity index (χ1n) is 9.14. The van der Waals surface area contributed by atoms with Crippen LogP contribution in [0.4, 0.5) is 0 Å². The van der Waals surface area contributed by atoms with Crippen molar-refractivity contribution in [3.63, 3.8) is 0 Å². The first-order chi connectivity index (χ1) is 12.8. The van der Waals surface area contributed by atoms with Crippen LogP contribution in [0.25, 0.3) is 0 Å². The van der Waals surface area contributed by atoms with E-state index in [-0.39, 0.29) is 24.0 Å². The number of aliphatic imine (C=N–C) groups is 1. The predicted molar refractivity (Wildman–Crippen MR) is 119 cm³/mol. The molecular formula is C19H29IN6O. The van der Waals surface area contributed by atoms with Crippen molar-refractivity contribution in [3.05, 3.63) is 53.9 Å². The van der Waals surface area contributed by atoms with Crippen molar-refractivity contribution >= 4 is 29.9 Å². The highest BCUT2D eigenvalue weighted by atomic mass is 127. The largest absolute Gasteiger partial charge is 0.379 e. The number of nitrogens with zero attached hydrogens (tertiary/aromatic N) is 4. The van der Waals surface area contributed by atoms with Crippen LogP contribution in [0.5, 0.6) is 0 Å². The van der Waals surface area contributed by atoms with E-state index in [0.29, 0.717) is 0 Å². The third-order valence-corrected chi connectivity index (χ3v) is 4.50. The van der Waals surface area contributed by atoms with Crippen LogP contribution < -0.4 is 10.6 Å². The smallest absolute Gasteiger partial charge is 0.191 e. The SMILES string of the molecule is CN=C(NCCN1CCOCC1)NCc1ccccc1Cn1cccn1.I. The molecule has 1 saturated heterocycles. The van der Waals surface area contributed by atoms with Crippen LogP contribution in [0.3, 0.4) is 0 Å². The topological polar surface area (TPSA) is 66.7 Å². The van der Waals surface area contributed by atoms with Gasteiger partial charge in [-0.3, -0.25) is 14.6 Å². The standard InChI is InChI=1S/C19H28N6O.HI/c1-20-19(21-8-10-24-11-13-26-14-12-24)22-15-17-5-2-3-6-18(17)16-25-9-4-7-23-25;/h2-7,9H,8,10-16H2,1H3,(H2,20,21,22);1H. The summed E-state index contributed by atoms with van der Waals surface area (Å²) in [5.74, 6) is 0.826. The van der Waals surface area contributed by atoms with Gasteiger partial charge < -0.3 is 15.4 Å². The van der Waals surface area contributed by atoms with E-state index in [0.717, 1.165) is 58.4 Å². The summed E-state index contributed by atoms with van der Waals surface area (Å²) in [5, 5.41) is 11.1. The number of halogens is 1. The molecule has 148 valence electrons. The third kappa shape index (κ3) is 7.11. The summed E-state index contributed by atoms with van der Waals surface area (Å²) in [4.78, 5) is 6.73. The molecule has 1 aromatic heterocycles. The van der Waals surface area contributed by atoms with E-state index >= 15 is 0 Å². The monoisotopic (exact) mass is 484 g/mol. The highest BCUT2D eigenvalue weighted by molar-refractivity contribution is 14.0. The number of nitrogens with one attached hydrogen (secondary N) is 2. The lowest BCUT2D eigenvalue weighted by atomic mass is 10.1. The number of ether oxygens (including phenoxy) is 1. The molecule has 2 heterocycles. The molecule has 0 radical (unpaired) electrons. The lowest BCUT2D eigenvalue weighted by Gasteiger charge is -2.26. The average Bonchev–Trinajstić information content (AvgIpc) is 3.19. The number of benzene rings is 1. The second kappa shape index (κ2) is 11.9. The van der Waals surface area contributed by atoms with Crippen LogP contribution in [0, 0.1) is 0 Å². The van der Waals surface area contributed by atoms with Gasteiger partial charge in [0.15, 0.2) is 5.96 Å². The zero-order chi connectivity index (χ0) is 18.0. The number of hydrogen-bond acceptors (Lipinski definition) is 4. The highest BCUT2D eigenvalue weighted by Crippen LogP contribution is 2.10. The minimum Gasteiger partial charge on any atom is -0.379 e. The summed E-state index contributed by atoms with van der Waals surface area (Å²) in [5.41, 5.74) is 2.51. The second-order valence-electron chi connectivity index (χ2n) is 6.28. The normalized spacial score (nSPS) is 15.2. The maximum absolute atomic E-state index is 5.38. The van der Waals surface area contributed by atoms with Gasteiger partial charge in [0.2, 0.25) is 0 Å². The van der Waals surface area contributed by atoms with Crippen LogP contribution in [0.15, 0.2) is 47.7 Å². The van der Waals surface area contributed by atoms with Crippen molar-refractivity contribution in [1.29, 1.82) is 0 Å². The summed E-state index contributed by atoms with van der Waals surface area (Å²) >= 11 is 0. The Hall–Kier alpha value is -1.65. The van der Waals surface area contributed by atoms with Crippen LogP contribution in [-0.4, -0.2) is 67.1 Å². The molecule has 0 unspecified atom stereocenters. The molecule has 2 aromatic rings. The molecule has 1 aliphatic rings. The lowest BCUT2D eigenvalue weighted by Crippen LogP contribution is -2.44. The first-order valence-corrected chi connectivity index (χ1v) is 9.14. The van der Waals surface area contributed by atoms with Crippen molar-refractivity contribution in [2.75, 3.05) is 46.4 Å². The fourth-order valence-corrected chi connectivity index (χ4v) is 3.01. The van der Waals surface area contributed by atoms with E-state index in [1.54, 1.807) is 13.2 Å². The van der Waals surface area contributed by atoms with Gasteiger partial charge in [0.25, 0.3) is 0 Å². The Balaban J connectivity index is 0.00000261. The molecule has 0 amide bonds. The molecule has 8 heteroatoms. The van der Waals surface area contributed by atoms with Crippen molar-refractivity contribution in [1.82, 2.24) is 25.3 Å². The molecule has 0 spiro atoms. The van der Waals surface area contributed by atoms with E-state index in [1.165, 1.54) is 11.1 Å². The van der Waals surface area contributed by atoms with Crippen LogP contribution in [0.2, 0.25) is 0 Å². The molecule has 1 fully saturated rings. The minimum atomic E-state index is 0. The lowest BCUT2D eigenvalue weighted by molar-refractivity contribution is 0.0389. The Kier molecular flexibility index (Phi) is 9.57. The Labute approximate surface area is 178 Å². The fraction of sp³-hybridized carbons (Fsp3) is 0.474. The van der Waals surface area contributed by atoms with Gasteiger partial charge in [-0.1, -0.05) is 24.3 Å². The summed E-state index contributed by atoms with van der Waals surface area (Å²) < 4.78 is 7.32. The van der Waals surface area contributed by atoms with Gasteiger partial charge in [0, 0.05) is 52.2 Å². The number of aromatic nitrogens is 2. The zero-order valence-electron chi connectivity index (χ0n) is 15.8. The Morgan fingerprint density at radius 2 is 1.93 bits per heavy atom. The molecule has 0 aliphatic carbocycles. The average molecular weight is 484 g/mol. The Morgan fingerprint density at radius 3 is 2.63 bits per heavy atom. The molecule has 3 rings (SSSR count). The van der Waals surface area contributed by atoms with Gasteiger partial charge in [-0.25, -0.2) is 0 Å². The van der Waals surface area contributed by atoms with Crippen LogP contribution in [-0.2, 0) is 17.8 Å². The molecule has 0 atom stereocenters. The molecule has 27 heavy (non-hydrogen) atoms. The van der Waals surface area contributed by atoms with E-state index in [1.807, 2.05) is 16.9 Å². The van der Waals surface area contributed by atoms with Gasteiger partial charge in [-0.15, -0.1) is 24.0 Å². The number of hydrogen-bond donors (Lipinski definition) is 2. The van der Waals surface area contributed by atoms with Crippen molar-refractivity contribution in [2.24, 2.45) is 4.99 Å². The highest BCUT2D eigenvalue weighted by Gasteiger charge is 2.10. The van der Waals surface area contributed by atoms with Gasteiger partial charge in [0.1, 0.15) is 0 Å². The van der Waals surface area contributed by atoms with E-state index < -0.39 is 0 Å². The van der Waals surface area contributed by atoms with Gasteiger partial charge in [-0.2, -0.15) is 5.10 Å². The predicted octanol–water partition coefficient (Wildman–Crippen LogP) is 1.55. The van der Waals surface area contributed by atoms with Crippen molar-refractivity contribution in [2.45, 2.75) is 13.1 Å². The van der Waals surface area contributed by atoms with Crippen molar-refractivity contribution in [3.8, 4) is 0 Å². The molecule has 7 nitrogen and oxygen atoms in total. The first kappa shape index (κ1) is 21.6. The Bertz CT molecular complexity index is 685. The molecule has 1 aromatic carbocycles. The molecule has 1 aliphatic heterocycles. The van der Waals surface area contributed by atoms with Gasteiger partial charge in [-0.05, 0) is 17.2 Å². The second-order valence-corrected chi connectivity index (χ2v) is 6.28. The number of rotatable bonds is 7. The zero-order valence-corrected chi connectivity index (χ0v) is 18.1. The van der Waals surface area contributed by atoms with Crippen molar-refractivity contribution < 1.29 is 4.74 Å². The maximum atomic E-state index is 5.38.